The van der Waals surface area contributed by atoms with Crippen molar-refractivity contribution in [3.05, 3.63) is 58.3 Å². The van der Waals surface area contributed by atoms with Crippen LogP contribution in [0.5, 0.6) is 0 Å². The van der Waals surface area contributed by atoms with E-state index in [1.54, 1.807) is 24.3 Å². The number of nitrogens with zero attached hydrogens (tertiary/aromatic N) is 1. The molecule has 0 spiro atoms. The summed E-state index contributed by atoms with van der Waals surface area (Å²) in [5.41, 5.74) is 1.12. The van der Waals surface area contributed by atoms with Gasteiger partial charge in [-0.15, -0.1) is 0 Å². The number of imide groups is 1. The standard InChI is InChI=1S/C14H4Br4ClNO2/c15-9-7-8(10(16)12(18)11(9)17)14(22)20(13(7)21)6-3-1-5(19)2-4-6/h1-4H. The van der Waals surface area contributed by atoms with Crippen LogP contribution in [0.15, 0.2) is 42.2 Å². The van der Waals surface area contributed by atoms with Crippen molar-refractivity contribution in [2.24, 2.45) is 0 Å². The van der Waals surface area contributed by atoms with E-state index in [9.17, 15) is 9.59 Å². The summed E-state index contributed by atoms with van der Waals surface area (Å²) in [4.78, 5) is 26.6. The fourth-order valence-corrected chi connectivity index (χ4v) is 4.76. The predicted octanol–water partition coefficient (Wildman–Crippen LogP) is 6.19. The predicted molar refractivity (Wildman–Crippen MR) is 99.8 cm³/mol. The van der Waals surface area contributed by atoms with E-state index in [1.165, 1.54) is 0 Å². The van der Waals surface area contributed by atoms with Crippen LogP contribution in [0.2, 0.25) is 5.02 Å². The lowest BCUT2D eigenvalue weighted by atomic mass is 10.1. The van der Waals surface area contributed by atoms with Crippen LogP contribution in [0.1, 0.15) is 20.7 Å². The van der Waals surface area contributed by atoms with Gasteiger partial charge in [0.2, 0.25) is 0 Å². The molecule has 0 saturated carbocycles. The van der Waals surface area contributed by atoms with Crippen LogP contribution in [0.4, 0.5) is 5.69 Å². The molecule has 22 heavy (non-hydrogen) atoms. The highest BCUT2D eigenvalue weighted by molar-refractivity contribution is 9.15. The number of carbonyl (C=O) groups is 2. The smallest absolute Gasteiger partial charge is 0.267 e. The lowest BCUT2D eigenvalue weighted by molar-refractivity contribution is 0.0926. The van der Waals surface area contributed by atoms with Gasteiger partial charge >= 0.3 is 0 Å². The van der Waals surface area contributed by atoms with Gasteiger partial charge in [0, 0.05) is 22.9 Å². The van der Waals surface area contributed by atoms with Crippen LogP contribution in [-0.4, -0.2) is 11.8 Å². The van der Waals surface area contributed by atoms with Crippen molar-refractivity contribution in [2.45, 2.75) is 0 Å². The van der Waals surface area contributed by atoms with Gasteiger partial charge in [0.05, 0.1) is 16.8 Å². The van der Waals surface area contributed by atoms with Crippen LogP contribution in [0.3, 0.4) is 0 Å². The maximum absolute atomic E-state index is 12.7. The number of benzene rings is 2. The van der Waals surface area contributed by atoms with Crippen molar-refractivity contribution in [1.29, 1.82) is 0 Å². The van der Waals surface area contributed by atoms with Crippen LogP contribution in [0.25, 0.3) is 0 Å². The molecule has 2 aromatic rings. The Kier molecular flexibility index (Phi) is 4.55. The molecule has 3 rings (SSSR count). The number of hydrogen-bond donors (Lipinski definition) is 0. The van der Waals surface area contributed by atoms with Gasteiger partial charge in [-0.2, -0.15) is 0 Å². The van der Waals surface area contributed by atoms with Gasteiger partial charge in [0.25, 0.3) is 11.8 Å². The number of halogens is 5. The van der Waals surface area contributed by atoms with Crippen molar-refractivity contribution in [3.8, 4) is 0 Å². The topological polar surface area (TPSA) is 37.4 Å². The van der Waals surface area contributed by atoms with Crippen molar-refractivity contribution in [1.82, 2.24) is 0 Å². The Hall–Kier alpha value is -0.210. The third-order valence-corrected chi connectivity index (χ3v) is 8.21. The molecule has 0 N–H and O–H groups in total. The van der Waals surface area contributed by atoms with Crippen LogP contribution >= 0.6 is 75.3 Å². The molecule has 3 nitrogen and oxygen atoms in total. The van der Waals surface area contributed by atoms with E-state index in [2.05, 4.69) is 63.7 Å². The molecule has 0 fully saturated rings. The summed E-state index contributed by atoms with van der Waals surface area (Å²) < 4.78 is 2.40. The Labute approximate surface area is 164 Å². The Morgan fingerprint density at radius 3 is 1.55 bits per heavy atom. The van der Waals surface area contributed by atoms with Crippen LogP contribution < -0.4 is 4.90 Å². The fraction of sp³-hybridized carbons (Fsp3) is 0. The Morgan fingerprint density at radius 2 is 1.14 bits per heavy atom. The molecule has 0 aliphatic carbocycles. The minimum Gasteiger partial charge on any atom is -0.268 e. The summed E-state index contributed by atoms with van der Waals surface area (Å²) in [6.45, 7) is 0. The highest BCUT2D eigenvalue weighted by Gasteiger charge is 2.41. The zero-order valence-electron chi connectivity index (χ0n) is 10.5. The fourth-order valence-electron chi connectivity index (χ4n) is 2.17. The summed E-state index contributed by atoms with van der Waals surface area (Å²) in [5, 5.41) is 0.535. The molecule has 0 unspecified atom stereocenters. The van der Waals surface area contributed by atoms with E-state index in [0.29, 0.717) is 39.7 Å². The minimum absolute atomic E-state index is 0.321. The summed E-state index contributed by atoms with van der Waals surface area (Å²) in [6.07, 6.45) is 0. The van der Waals surface area contributed by atoms with Gasteiger partial charge in [-0.3, -0.25) is 9.59 Å². The minimum atomic E-state index is -0.386. The zero-order valence-corrected chi connectivity index (χ0v) is 17.6. The average Bonchev–Trinajstić information content (AvgIpc) is 2.75. The average molecular weight is 573 g/mol. The van der Waals surface area contributed by atoms with E-state index < -0.39 is 0 Å². The molecule has 2 amide bonds. The third-order valence-electron chi connectivity index (χ3n) is 3.19. The van der Waals surface area contributed by atoms with E-state index in [1.807, 2.05) is 0 Å². The molecule has 1 heterocycles. The first-order valence-electron chi connectivity index (χ1n) is 5.85. The second kappa shape index (κ2) is 6.02. The molecule has 0 radical (unpaired) electrons. The van der Waals surface area contributed by atoms with E-state index in [-0.39, 0.29) is 11.8 Å². The Balaban J connectivity index is 2.23. The van der Waals surface area contributed by atoms with Crippen molar-refractivity contribution >= 4 is 92.8 Å². The van der Waals surface area contributed by atoms with Gasteiger partial charge < -0.3 is 0 Å². The summed E-state index contributed by atoms with van der Waals surface area (Å²) in [5.74, 6) is -0.772. The molecule has 2 aromatic carbocycles. The number of fused-ring (bicyclic) bond motifs is 1. The molecule has 1 aliphatic rings. The first-order valence-corrected chi connectivity index (χ1v) is 9.40. The molecular formula is C14H4Br4ClNO2. The molecule has 0 saturated heterocycles. The highest BCUT2D eigenvalue weighted by Crippen LogP contribution is 2.46. The Bertz CT molecular complexity index is 789. The number of hydrogen-bond acceptors (Lipinski definition) is 2. The monoisotopic (exact) mass is 569 g/mol. The molecule has 0 atom stereocenters. The van der Waals surface area contributed by atoms with Gasteiger partial charge in [0.1, 0.15) is 0 Å². The zero-order chi connectivity index (χ0) is 16.2. The summed E-state index contributed by atoms with van der Waals surface area (Å²) >= 11 is 19.4. The molecule has 1 aliphatic heterocycles. The van der Waals surface area contributed by atoms with Crippen LogP contribution in [-0.2, 0) is 0 Å². The lowest BCUT2D eigenvalue weighted by Gasteiger charge is -2.13. The second-order valence-electron chi connectivity index (χ2n) is 4.43. The van der Waals surface area contributed by atoms with E-state index >= 15 is 0 Å². The summed E-state index contributed by atoms with van der Waals surface area (Å²) in [6, 6.07) is 6.54. The van der Waals surface area contributed by atoms with Crippen molar-refractivity contribution < 1.29 is 9.59 Å². The Morgan fingerprint density at radius 1 is 0.727 bits per heavy atom. The quantitative estimate of drug-likeness (QED) is 0.232. The number of rotatable bonds is 1. The van der Waals surface area contributed by atoms with E-state index in [0.717, 1.165) is 4.90 Å². The first kappa shape index (κ1) is 16.6. The number of amides is 2. The molecule has 0 bridgehead atoms. The van der Waals surface area contributed by atoms with Gasteiger partial charge in [-0.25, -0.2) is 4.90 Å². The largest absolute Gasteiger partial charge is 0.268 e. The maximum Gasteiger partial charge on any atom is 0.267 e. The van der Waals surface area contributed by atoms with Crippen LogP contribution in [0, 0.1) is 0 Å². The maximum atomic E-state index is 12.7. The molecular weight excluding hydrogens is 569 g/mol. The first-order chi connectivity index (χ1) is 10.3. The molecule has 0 aromatic heterocycles. The van der Waals surface area contributed by atoms with E-state index in [4.69, 9.17) is 11.6 Å². The van der Waals surface area contributed by atoms with Gasteiger partial charge in [-0.05, 0) is 88.0 Å². The normalized spacial score (nSPS) is 13.8. The lowest BCUT2D eigenvalue weighted by Crippen LogP contribution is -2.29. The number of carbonyl (C=O) groups excluding carboxylic acids is 2. The second-order valence-corrected chi connectivity index (χ2v) is 8.04. The third kappa shape index (κ3) is 2.41. The van der Waals surface area contributed by atoms with Crippen molar-refractivity contribution in [3.63, 3.8) is 0 Å². The molecule has 8 heteroatoms. The molecule has 112 valence electrons. The highest BCUT2D eigenvalue weighted by atomic mass is 79.9. The number of anilines is 1. The SMILES string of the molecule is O=C1c2c(Br)c(Br)c(Br)c(Br)c2C(=O)N1c1ccc(Cl)cc1. The van der Waals surface area contributed by atoms with Gasteiger partial charge in [0.15, 0.2) is 0 Å². The van der Waals surface area contributed by atoms with Gasteiger partial charge in [-0.1, -0.05) is 11.6 Å². The summed E-state index contributed by atoms with van der Waals surface area (Å²) in [7, 11) is 0. The van der Waals surface area contributed by atoms with Crippen molar-refractivity contribution in [2.75, 3.05) is 4.90 Å².